The lowest BCUT2D eigenvalue weighted by atomic mass is 10.1. The fraction of sp³-hybridized carbons (Fsp3) is 0.0714. The van der Waals surface area contributed by atoms with Crippen LogP contribution in [0.15, 0.2) is 36.4 Å². The number of imidazole rings is 1. The molecular weight excluding hydrogens is 248 g/mol. The topological polar surface area (TPSA) is 40.7 Å². The first-order valence-electron chi connectivity index (χ1n) is 5.81. The van der Waals surface area contributed by atoms with E-state index in [1.54, 1.807) is 7.05 Å². The van der Waals surface area contributed by atoms with Gasteiger partial charge in [-0.25, -0.2) is 13.8 Å². The Balaban J connectivity index is 2.24. The van der Waals surface area contributed by atoms with Crippen LogP contribution in [0.1, 0.15) is 0 Å². The van der Waals surface area contributed by atoms with Crippen LogP contribution in [0.2, 0.25) is 0 Å². The van der Waals surface area contributed by atoms with Crippen LogP contribution >= 0.6 is 0 Å². The van der Waals surface area contributed by atoms with Gasteiger partial charge in [-0.1, -0.05) is 12.1 Å². The van der Waals surface area contributed by atoms with Crippen molar-refractivity contribution in [3.63, 3.8) is 0 Å². The van der Waals surface area contributed by atoms with Gasteiger partial charge in [0.25, 0.3) is 0 Å². The Morgan fingerprint density at radius 1 is 1.11 bits per heavy atom. The Morgan fingerprint density at radius 3 is 2.68 bits per heavy atom. The molecule has 0 amide bonds. The SMILES string of the molecule is CNc1ccccc1-c1nc2c(F)c(F)ccc2[nH]1. The second kappa shape index (κ2) is 4.35. The van der Waals surface area contributed by atoms with Gasteiger partial charge in [0.15, 0.2) is 11.6 Å². The van der Waals surface area contributed by atoms with Crippen molar-refractivity contribution in [3.05, 3.63) is 48.0 Å². The van der Waals surface area contributed by atoms with Gasteiger partial charge in [0.05, 0.1) is 5.52 Å². The molecule has 0 atom stereocenters. The third kappa shape index (κ3) is 1.83. The number of aromatic amines is 1. The smallest absolute Gasteiger partial charge is 0.186 e. The quantitative estimate of drug-likeness (QED) is 0.739. The normalized spacial score (nSPS) is 10.9. The van der Waals surface area contributed by atoms with Gasteiger partial charge in [0, 0.05) is 18.3 Å². The maximum atomic E-state index is 13.6. The van der Waals surface area contributed by atoms with E-state index in [9.17, 15) is 8.78 Å². The maximum absolute atomic E-state index is 13.6. The van der Waals surface area contributed by atoms with Crippen LogP contribution in [0.4, 0.5) is 14.5 Å². The fourth-order valence-corrected chi connectivity index (χ4v) is 2.05. The number of para-hydroxylation sites is 1. The number of hydrogen-bond donors (Lipinski definition) is 2. The molecule has 0 saturated carbocycles. The highest BCUT2D eigenvalue weighted by molar-refractivity contribution is 5.83. The van der Waals surface area contributed by atoms with Crippen LogP contribution in [0, 0.1) is 11.6 Å². The highest BCUT2D eigenvalue weighted by Crippen LogP contribution is 2.28. The molecule has 0 bridgehead atoms. The summed E-state index contributed by atoms with van der Waals surface area (Å²) in [6.45, 7) is 0. The molecule has 96 valence electrons. The zero-order chi connectivity index (χ0) is 13.4. The minimum Gasteiger partial charge on any atom is -0.388 e. The third-order valence-electron chi connectivity index (χ3n) is 3.00. The van der Waals surface area contributed by atoms with Crippen LogP contribution in [0.3, 0.4) is 0 Å². The molecule has 2 N–H and O–H groups in total. The molecule has 0 spiro atoms. The first kappa shape index (κ1) is 11.6. The predicted octanol–water partition coefficient (Wildman–Crippen LogP) is 3.55. The van der Waals surface area contributed by atoms with Crippen molar-refractivity contribution in [1.29, 1.82) is 0 Å². The molecule has 5 heteroatoms. The minimum absolute atomic E-state index is 0.0147. The molecule has 0 aliphatic carbocycles. The van der Waals surface area contributed by atoms with Crippen LogP contribution < -0.4 is 5.32 Å². The van der Waals surface area contributed by atoms with E-state index >= 15 is 0 Å². The van der Waals surface area contributed by atoms with Crippen molar-refractivity contribution in [2.45, 2.75) is 0 Å². The number of benzene rings is 2. The summed E-state index contributed by atoms with van der Waals surface area (Å²) >= 11 is 0. The molecule has 0 aliphatic rings. The Labute approximate surface area is 108 Å². The molecule has 0 fully saturated rings. The summed E-state index contributed by atoms with van der Waals surface area (Å²) < 4.78 is 26.8. The van der Waals surface area contributed by atoms with Gasteiger partial charge in [-0.2, -0.15) is 0 Å². The van der Waals surface area contributed by atoms with E-state index in [1.807, 2.05) is 24.3 Å². The second-order valence-corrected chi connectivity index (χ2v) is 4.14. The van der Waals surface area contributed by atoms with E-state index in [-0.39, 0.29) is 5.52 Å². The highest BCUT2D eigenvalue weighted by atomic mass is 19.2. The third-order valence-corrected chi connectivity index (χ3v) is 3.00. The number of anilines is 1. The van der Waals surface area contributed by atoms with Gasteiger partial charge in [-0.3, -0.25) is 0 Å². The van der Waals surface area contributed by atoms with Gasteiger partial charge in [-0.15, -0.1) is 0 Å². The average molecular weight is 259 g/mol. The first-order valence-corrected chi connectivity index (χ1v) is 5.81. The summed E-state index contributed by atoms with van der Waals surface area (Å²) in [7, 11) is 1.79. The number of nitrogens with one attached hydrogen (secondary N) is 2. The Morgan fingerprint density at radius 2 is 1.89 bits per heavy atom. The summed E-state index contributed by atoms with van der Waals surface area (Å²) in [6.07, 6.45) is 0. The summed E-state index contributed by atoms with van der Waals surface area (Å²) in [5, 5.41) is 3.04. The van der Waals surface area contributed by atoms with E-state index in [1.165, 1.54) is 6.07 Å². The lowest BCUT2D eigenvalue weighted by Gasteiger charge is -2.05. The van der Waals surface area contributed by atoms with Crippen LogP contribution in [-0.4, -0.2) is 17.0 Å². The average Bonchev–Trinajstić information content (AvgIpc) is 2.87. The zero-order valence-corrected chi connectivity index (χ0v) is 10.2. The molecule has 0 unspecified atom stereocenters. The highest BCUT2D eigenvalue weighted by Gasteiger charge is 2.14. The molecule has 3 aromatic rings. The van der Waals surface area contributed by atoms with Gasteiger partial charge in [0.2, 0.25) is 0 Å². The molecule has 1 heterocycles. The van der Waals surface area contributed by atoms with Crippen LogP contribution in [-0.2, 0) is 0 Å². The van der Waals surface area contributed by atoms with Crippen molar-refractivity contribution in [1.82, 2.24) is 9.97 Å². The summed E-state index contributed by atoms with van der Waals surface area (Å²) in [4.78, 5) is 7.14. The number of H-pyrrole nitrogens is 1. The number of aromatic nitrogens is 2. The van der Waals surface area contributed by atoms with Crippen LogP contribution in [0.25, 0.3) is 22.4 Å². The predicted molar refractivity (Wildman–Crippen MR) is 71.0 cm³/mol. The Hall–Kier alpha value is -2.43. The molecule has 0 saturated heterocycles. The van der Waals surface area contributed by atoms with Crippen molar-refractivity contribution in [2.75, 3.05) is 12.4 Å². The van der Waals surface area contributed by atoms with E-state index in [0.717, 1.165) is 17.3 Å². The maximum Gasteiger partial charge on any atom is 0.186 e. The summed E-state index contributed by atoms with van der Waals surface area (Å²) in [5.74, 6) is -1.32. The number of fused-ring (bicyclic) bond motifs is 1. The fourth-order valence-electron chi connectivity index (χ4n) is 2.05. The number of rotatable bonds is 2. The van der Waals surface area contributed by atoms with E-state index in [0.29, 0.717) is 11.3 Å². The molecule has 2 aromatic carbocycles. The van der Waals surface area contributed by atoms with Gasteiger partial charge < -0.3 is 10.3 Å². The second-order valence-electron chi connectivity index (χ2n) is 4.14. The van der Waals surface area contributed by atoms with Crippen molar-refractivity contribution >= 4 is 16.7 Å². The number of nitrogens with zero attached hydrogens (tertiary/aromatic N) is 1. The standard InChI is InChI=1S/C14H11F2N3/c1-17-10-5-3-2-4-8(10)14-18-11-7-6-9(15)12(16)13(11)19-14/h2-7,17H,1H3,(H,18,19). The molecule has 0 aliphatic heterocycles. The first-order chi connectivity index (χ1) is 9.20. The minimum atomic E-state index is -0.929. The van der Waals surface area contributed by atoms with Gasteiger partial charge in [0.1, 0.15) is 11.3 Å². The molecule has 3 rings (SSSR count). The van der Waals surface area contributed by atoms with Crippen LogP contribution in [0.5, 0.6) is 0 Å². The van der Waals surface area contributed by atoms with E-state index in [2.05, 4.69) is 15.3 Å². The van der Waals surface area contributed by atoms with Crippen molar-refractivity contribution < 1.29 is 8.78 Å². The number of hydrogen-bond acceptors (Lipinski definition) is 2. The lowest BCUT2D eigenvalue weighted by Crippen LogP contribution is -1.92. The Bertz CT molecular complexity index is 750. The largest absolute Gasteiger partial charge is 0.388 e. The molecule has 3 nitrogen and oxygen atoms in total. The van der Waals surface area contributed by atoms with Crippen molar-refractivity contribution in [2.24, 2.45) is 0 Å². The molecular formula is C14H11F2N3. The number of halogens is 2. The van der Waals surface area contributed by atoms with Crippen molar-refractivity contribution in [3.8, 4) is 11.4 Å². The van der Waals surface area contributed by atoms with Gasteiger partial charge >= 0.3 is 0 Å². The van der Waals surface area contributed by atoms with E-state index < -0.39 is 11.6 Å². The molecule has 1 aromatic heterocycles. The molecule has 0 radical (unpaired) electrons. The Kier molecular flexibility index (Phi) is 2.67. The lowest BCUT2D eigenvalue weighted by molar-refractivity contribution is 0.515. The monoisotopic (exact) mass is 259 g/mol. The van der Waals surface area contributed by atoms with Gasteiger partial charge in [-0.05, 0) is 24.3 Å². The summed E-state index contributed by atoms with van der Waals surface area (Å²) in [6, 6.07) is 10.1. The zero-order valence-electron chi connectivity index (χ0n) is 10.2. The van der Waals surface area contributed by atoms with E-state index in [4.69, 9.17) is 0 Å². The summed E-state index contributed by atoms with van der Waals surface area (Å²) in [5.41, 5.74) is 2.16. The molecule has 19 heavy (non-hydrogen) atoms.